The minimum absolute atomic E-state index is 0.340. The Morgan fingerprint density at radius 3 is 1.72 bits per heavy atom. The highest BCUT2D eigenvalue weighted by Crippen LogP contribution is 2.59. The van der Waals surface area contributed by atoms with Crippen molar-refractivity contribution in [3.8, 4) is 11.2 Å². The van der Waals surface area contributed by atoms with Gasteiger partial charge in [0, 0.05) is 16.5 Å². The van der Waals surface area contributed by atoms with Crippen LogP contribution in [0.3, 0.4) is 0 Å². The van der Waals surface area contributed by atoms with Crippen LogP contribution in [0.5, 0.6) is 0 Å². The number of nitrogens with zero attached hydrogens (tertiary/aromatic N) is 1. The molecule has 1 aliphatic rings. The van der Waals surface area contributed by atoms with Gasteiger partial charge in [-0.3, -0.25) is 0 Å². The first-order valence-corrected chi connectivity index (χ1v) is 18.1. The van der Waals surface area contributed by atoms with Crippen LogP contribution in [-0.2, 0) is 9.31 Å². The summed E-state index contributed by atoms with van der Waals surface area (Å²) in [6.07, 6.45) is 0. The highest BCUT2D eigenvalue weighted by Gasteiger charge is 2.52. The zero-order valence-corrected chi connectivity index (χ0v) is 29.8. The maximum absolute atomic E-state index is 16.0. The number of fused-ring (bicyclic) bond motifs is 1. The van der Waals surface area contributed by atoms with E-state index >= 15 is 4.39 Å². The average molecular weight is 636 g/mol. The molecule has 0 aliphatic carbocycles. The summed E-state index contributed by atoms with van der Waals surface area (Å²) in [7, 11) is -2.12. The van der Waals surface area contributed by atoms with Crippen LogP contribution in [0.25, 0.3) is 10.8 Å². The Morgan fingerprint density at radius 1 is 0.739 bits per heavy atom. The van der Waals surface area contributed by atoms with Crippen molar-refractivity contribution in [2.24, 2.45) is 4.99 Å². The van der Waals surface area contributed by atoms with Gasteiger partial charge in [0.1, 0.15) is 5.82 Å². The van der Waals surface area contributed by atoms with Gasteiger partial charge in [-0.15, -0.1) is 0 Å². The van der Waals surface area contributed by atoms with Gasteiger partial charge in [0.2, 0.25) is 0 Å². The van der Waals surface area contributed by atoms with E-state index < -0.39 is 28.3 Å². The fourth-order valence-corrected chi connectivity index (χ4v) is 10.8. The van der Waals surface area contributed by atoms with E-state index in [4.69, 9.17) is 14.3 Å². The van der Waals surface area contributed by atoms with Gasteiger partial charge in [-0.05, 0) is 77.7 Å². The van der Waals surface area contributed by atoms with Crippen LogP contribution < -0.4 is 5.46 Å². The third-order valence-electron chi connectivity index (χ3n) is 9.62. The number of benzene rings is 4. The molecule has 0 saturated carbocycles. The summed E-state index contributed by atoms with van der Waals surface area (Å²) in [6, 6.07) is 27.7. The van der Waals surface area contributed by atoms with Gasteiger partial charge in [-0.2, -0.15) is 10.0 Å². The monoisotopic (exact) mass is 635 g/mol. The van der Waals surface area contributed by atoms with E-state index in [-0.39, 0.29) is 5.82 Å². The third kappa shape index (κ3) is 6.30. The minimum Gasteiger partial charge on any atom is -0.399 e. The van der Waals surface area contributed by atoms with Crippen LogP contribution in [0.15, 0.2) is 89.9 Å². The lowest BCUT2D eigenvalue weighted by molar-refractivity contribution is 0.00578. The fourth-order valence-electron chi connectivity index (χ4n) is 6.54. The number of aliphatic imine (C=N–C) groups is 1. The van der Waals surface area contributed by atoms with Crippen LogP contribution in [0.1, 0.15) is 85.9 Å². The summed E-state index contributed by atoms with van der Waals surface area (Å²) < 4.78 is 29.2. The zero-order chi connectivity index (χ0) is 33.4. The molecular weight excluding hydrogens is 588 g/mol. The molecular formula is C40H47BFNO2S. The summed E-state index contributed by atoms with van der Waals surface area (Å²) in [5.74, 6) is 3.08. The summed E-state index contributed by atoms with van der Waals surface area (Å²) in [5.41, 5.74) is 3.57. The van der Waals surface area contributed by atoms with Crippen molar-refractivity contribution >= 4 is 44.8 Å². The molecule has 4 aromatic carbocycles. The zero-order valence-electron chi connectivity index (χ0n) is 28.9. The van der Waals surface area contributed by atoms with Crippen molar-refractivity contribution < 1.29 is 13.7 Å². The normalized spacial score (nSPS) is 16.2. The van der Waals surface area contributed by atoms with E-state index in [0.717, 1.165) is 38.8 Å². The SMILES string of the molecule is CC(C)S(C#Cc1c(F)ccc2cc(N=C(c3ccccc3)c3ccccc3)cc(B3OC(C)(C)C(C)(C)O3)c12)(C(C)C)C(C)C. The van der Waals surface area contributed by atoms with Crippen molar-refractivity contribution in [3.05, 3.63) is 107 Å². The minimum atomic E-state index is -1.40. The maximum Gasteiger partial charge on any atom is 0.495 e. The topological polar surface area (TPSA) is 30.8 Å². The van der Waals surface area contributed by atoms with E-state index in [1.54, 1.807) is 0 Å². The first kappa shape index (κ1) is 34.0. The fraction of sp³-hybridized carbons (Fsp3) is 0.375. The Kier molecular flexibility index (Phi) is 9.63. The highest BCUT2D eigenvalue weighted by molar-refractivity contribution is 8.38. The lowest BCUT2D eigenvalue weighted by Gasteiger charge is -2.46. The van der Waals surface area contributed by atoms with E-state index in [1.807, 2.05) is 82.3 Å². The molecule has 0 unspecified atom stereocenters. The van der Waals surface area contributed by atoms with Gasteiger partial charge < -0.3 is 9.31 Å². The van der Waals surface area contributed by atoms with Crippen LogP contribution >= 0.6 is 10.0 Å². The van der Waals surface area contributed by atoms with E-state index in [1.165, 1.54) is 6.07 Å². The molecule has 0 radical (unpaired) electrons. The van der Waals surface area contributed by atoms with Gasteiger partial charge in [0.15, 0.2) is 0 Å². The Morgan fingerprint density at radius 2 is 1.24 bits per heavy atom. The van der Waals surface area contributed by atoms with Crippen molar-refractivity contribution in [1.29, 1.82) is 0 Å². The molecule has 0 atom stereocenters. The summed E-state index contributed by atoms with van der Waals surface area (Å²) in [6.45, 7) is 21.6. The molecule has 1 saturated heterocycles. The molecule has 0 spiro atoms. The van der Waals surface area contributed by atoms with Crippen molar-refractivity contribution in [2.45, 2.75) is 96.2 Å². The molecule has 0 N–H and O–H groups in total. The van der Waals surface area contributed by atoms with Gasteiger partial charge in [-0.25, -0.2) is 9.38 Å². The lowest BCUT2D eigenvalue weighted by Crippen LogP contribution is -2.41. The molecule has 0 bridgehead atoms. The summed E-state index contributed by atoms with van der Waals surface area (Å²) in [4.78, 5) is 5.24. The second-order valence-corrected chi connectivity index (χ2v) is 18.5. The predicted octanol–water partition coefficient (Wildman–Crippen LogP) is 9.79. The first-order valence-electron chi connectivity index (χ1n) is 16.3. The number of hydrogen-bond acceptors (Lipinski definition) is 3. The molecule has 0 amide bonds. The Bertz CT molecular complexity index is 1720. The highest BCUT2D eigenvalue weighted by atomic mass is 32.3. The van der Waals surface area contributed by atoms with Gasteiger partial charge in [-0.1, -0.05) is 114 Å². The smallest absolute Gasteiger partial charge is 0.399 e. The van der Waals surface area contributed by atoms with Crippen molar-refractivity contribution in [3.63, 3.8) is 0 Å². The Balaban J connectivity index is 1.81. The second-order valence-electron chi connectivity index (χ2n) is 14.0. The molecule has 46 heavy (non-hydrogen) atoms. The molecule has 6 heteroatoms. The van der Waals surface area contributed by atoms with Crippen LogP contribution in [-0.4, -0.2) is 39.8 Å². The predicted molar refractivity (Wildman–Crippen MR) is 198 cm³/mol. The second kappa shape index (κ2) is 13.0. The van der Waals surface area contributed by atoms with Crippen LogP contribution in [0.2, 0.25) is 0 Å². The van der Waals surface area contributed by atoms with E-state index in [2.05, 4.69) is 77.0 Å². The van der Waals surface area contributed by atoms with E-state index in [0.29, 0.717) is 21.3 Å². The van der Waals surface area contributed by atoms with Gasteiger partial charge in [0.05, 0.1) is 28.2 Å². The molecule has 3 nitrogen and oxygen atoms in total. The maximum atomic E-state index is 16.0. The summed E-state index contributed by atoms with van der Waals surface area (Å²) in [5, 5.41) is 6.38. The lowest BCUT2D eigenvalue weighted by atomic mass is 9.74. The largest absolute Gasteiger partial charge is 0.495 e. The van der Waals surface area contributed by atoms with Gasteiger partial charge in [0.25, 0.3) is 0 Å². The van der Waals surface area contributed by atoms with Gasteiger partial charge >= 0.3 is 7.12 Å². The molecule has 240 valence electrons. The molecule has 0 aromatic heterocycles. The quantitative estimate of drug-likeness (QED) is 0.115. The number of hydrogen-bond donors (Lipinski definition) is 0. The molecule has 4 aromatic rings. The number of halogens is 1. The average Bonchev–Trinajstić information content (AvgIpc) is 3.23. The standard InChI is InChI=1S/C40H47BFNO2S/c1-27(2)46(28(3)4,29(5)6)24-23-34-36(42)22-21-32-25-33(26-35(37(32)34)41-44-39(7,8)40(9,10)45-41)43-38(30-17-13-11-14-18-30)31-19-15-12-16-20-31/h11-22,25-29H,1-10H3. The van der Waals surface area contributed by atoms with E-state index in [9.17, 15) is 0 Å². The summed E-state index contributed by atoms with van der Waals surface area (Å²) >= 11 is 0. The third-order valence-corrected chi connectivity index (χ3v) is 14.8. The Labute approximate surface area is 277 Å². The van der Waals surface area contributed by atoms with Crippen molar-refractivity contribution in [2.75, 3.05) is 0 Å². The molecule has 1 heterocycles. The first-order chi connectivity index (χ1) is 21.7. The number of rotatable bonds is 7. The van der Waals surface area contributed by atoms with Crippen LogP contribution in [0.4, 0.5) is 10.1 Å². The van der Waals surface area contributed by atoms with Crippen molar-refractivity contribution in [1.82, 2.24) is 0 Å². The van der Waals surface area contributed by atoms with Crippen LogP contribution in [0, 0.1) is 17.0 Å². The molecule has 1 fully saturated rings. The Hall–Kier alpha value is -3.37. The molecule has 5 rings (SSSR count). The molecule has 1 aliphatic heterocycles.